The molecule has 2 rings (SSSR count). The van der Waals surface area contributed by atoms with E-state index in [4.69, 9.17) is 4.74 Å². The normalized spacial score (nSPS) is 21.4. The van der Waals surface area contributed by atoms with Crippen molar-refractivity contribution < 1.29 is 32.8 Å². The molecule has 0 saturated carbocycles. The molecule has 11 heteroatoms. The van der Waals surface area contributed by atoms with Gasteiger partial charge < -0.3 is 14.7 Å². The molecular weight excluding hydrogens is 344 g/mol. The zero-order chi connectivity index (χ0) is 18.0. The molecule has 0 radical (unpaired) electrons. The molecule has 1 aliphatic heterocycles. The lowest BCUT2D eigenvalue weighted by Crippen LogP contribution is -2.55. The van der Waals surface area contributed by atoms with Crippen LogP contribution in [0.25, 0.3) is 0 Å². The highest BCUT2D eigenvalue weighted by Crippen LogP contribution is 2.41. The molecule has 1 heterocycles. The molecule has 1 N–H and O–H groups in total. The maximum Gasteiger partial charge on any atom is 0.344 e. The van der Waals surface area contributed by atoms with Crippen LogP contribution >= 0.6 is 0 Å². The first kappa shape index (κ1) is 18.1. The number of rotatable bonds is 6. The van der Waals surface area contributed by atoms with Crippen LogP contribution in [0.3, 0.4) is 0 Å². The number of carbonyl (C=O) groups is 1. The Labute approximate surface area is 137 Å². The monoisotopic (exact) mass is 360 g/mol. The number of esters is 1. The van der Waals surface area contributed by atoms with Gasteiger partial charge in [0.25, 0.3) is 0 Å². The second-order valence-electron chi connectivity index (χ2n) is 5.06. The maximum atomic E-state index is 13.1. The average molecular weight is 360 g/mol. The highest BCUT2D eigenvalue weighted by molar-refractivity contribution is 7.93. The minimum Gasteiger partial charge on any atom is -0.467 e. The molecule has 0 aromatic heterocycles. The fourth-order valence-corrected chi connectivity index (χ4v) is 4.72. The summed E-state index contributed by atoms with van der Waals surface area (Å²) in [5, 5.41) is 20.9. The number of carbonyl (C=O) groups excluding carboxylic acids is 1. The SMILES string of the molecule is COC(=O)C1(S(=O)(=O)c2ccccc2OC[N+](=O)[O-])CCCN1O. The van der Waals surface area contributed by atoms with E-state index >= 15 is 0 Å². The molecule has 10 nitrogen and oxygen atoms in total. The van der Waals surface area contributed by atoms with Crippen molar-refractivity contribution in [3.63, 3.8) is 0 Å². The first-order chi connectivity index (χ1) is 11.3. The van der Waals surface area contributed by atoms with E-state index in [0.717, 1.165) is 13.2 Å². The summed E-state index contributed by atoms with van der Waals surface area (Å²) >= 11 is 0. The molecular formula is C13H16N2O8S. The van der Waals surface area contributed by atoms with Gasteiger partial charge in [0, 0.05) is 6.54 Å². The number of nitrogens with zero attached hydrogens (tertiary/aromatic N) is 2. The Hall–Kier alpha value is -2.24. The van der Waals surface area contributed by atoms with Crippen LogP contribution < -0.4 is 4.74 Å². The summed E-state index contributed by atoms with van der Waals surface area (Å²) in [5.41, 5.74) is 0. The van der Waals surface area contributed by atoms with Gasteiger partial charge in [0.1, 0.15) is 10.6 Å². The summed E-state index contributed by atoms with van der Waals surface area (Å²) in [6.07, 6.45) is 0.0742. The summed E-state index contributed by atoms with van der Waals surface area (Å²) < 4.78 is 35.7. The van der Waals surface area contributed by atoms with E-state index in [1.54, 1.807) is 0 Å². The second kappa shape index (κ2) is 6.71. The predicted molar refractivity (Wildman–Crippen MR) is 78.6 cm³/mol. The molecule has 1 aromatic carbocycles. The number of ether oxygens (including phenoxy) is 2. The van der Waals surface area contributed by atoms with Crippen molar-refractivity contribution in [2.75, 3.05) is 20.4 Å². The van der Waals surface area contributed by atoms with Crippen LogP contribution in [0, 0.1) is 10.1 Å². The van der Waals surface area contributed by atoms with Crippen molar-refractivity contribution in [1.82, 2.24) is 5.06 Å². The molecule has 0 spiro atoms. The molecule has 1 atom stereocenters. The molecule has 132 valence electrons. The maximum absolute atomic E-state index is 13.1. The molecule has 0 aliphatic carbocycles. The Kier molecular flexibility index (Phi) is 5.06. The molecule has 1 aliphatic rings. The first-order valence-electron chi connectivity index (χ1n) is 6.90. The first-order valence-corrected chi connectivity index (χ1v) is 8.39. The summed E-state index contributed by atoms with van der Waals surface area (Å²) in [4.78, 5) is 19.1. The van der Waals surface area contributed by atoms with Gasteiger partial charge in [0.05, 0.1) is 12.0 Å². The number of methoxy groups -OCH3 is 1. The van der Waals surface area contributed by atoms with Crippen molar-refractivity contribution in [3.05, 3.63) is 34.4 Å². The van der Waals surface area contributed by atoms with Gasteiger partial charge in [-0.25, -0.2) is 13.2 Å². The minimum absolute atomic E-state index is 0.0355. The van der Waals surface area contributed by atoms with Crippen LogP contribution in [0.2, 0.25) is 0 Å². The second-order valence-corrected chi connectivity index (χ2v) is 7.18. The van der Waals surface area contributed by atoms with Crippen molar-refractivity contribution in [2.24, 2.45) is 0 Å². The zero-order valence-electron chi connectivity index (χ0n) is 12.7. The van der Waals surface area contributed by atoms with Gasteiger partial charge in [-0.3, -0.25) is 10.1 Å². The van der Waals surface area contributed by atoms with Crippen LogP contribution in [0.15, 0.2) is 29.2 Å². The smallest absolute Gasteiger partial charge is 0.344 e. The summed E-state index contributed by atoms with van der Waals surface area (Å²) in [6, 6.07) is 5.21. The summed E-state index contributed by atoms with van der Waals surface area (Å²) in [5.74, 6) is -1.41. The molecule has 1 unspecified atom stereocenters. The topological polar surface area (TPSA) is 136 Å². The minimum atomic E-state index is -4.49. The Morgan fingerprint density at radius 2 is 2.12 bits per heavy atom. The van der Waals surface area contributed by atoms with E-state index < -0.39 is 37.2 Å². The van der Waals surface area contributed by atoms with Crippen LogP contribution in [0.5, 0.6) is 5.75 Å². The van der Waals surface area contributed by atoms with Gasteiger partial charge >= 0.3 is 12.7 Å². The lowest BCUT2D eigenvalue weighted by molar-refractivity contribution is -0.514. The Morgan fingerprint density at radius 1 is 1.46 bits per heavy atom. The fraction of sp³-hybridized carbons (Fsp3) is 0.462. The standard InChI is InChI=1S/C13H16N2O8S/c1-22-12(16)13(7-4-8-14(13)17)24(20,21)11-6-3-2-5-10(11)23-9-15(18)19/h2-3,5-6,17H,4,7-9H2,1H3. The van der Waals surface area contributed by atoms with Gasteiger partial charge in [0.2, 0.25) is 14.7 Å². The van der Waals surface area contributed by atoms with Crippen LogP contribution in [-0.2, 0) is 19.4 Å². The summed E-state index contributed by atoms with van der Waals surface area (Å²) in [7, 11) is -3.47. The number of para-hydroxylation sites is 1. The van der Waals surface area contributed by atoms with E-state index in [-0.39, 0.29) is 25.1 Å². The van der Waals surface area contributed by atoms with E-state index in [1.165, 1.54) is 18.2 Å². The Balaban J connectivity index is 2.57. The number of sulfone groups is 1. The number of benzene rings is 1. The van der Waals surface area contributed by atoms with Crippen molar-refractivity contribution in [2.45, 2.75) is 22.6 Å². The molecule has 1 aromatic rings. The third-order valence-corrected chi connectivity index (χ3v) is 6.10. The third-order valence-electron chi connectivity index (χ3n) is 3.72. The zero-order valence-corrected chi connectivity index (χ0v) is 13.6. The molecule has 1 fully saturated rings. The summed E-state index contributed by atoms with van der Waals surface area (Å²) in [6.45, 7) is -0.979. The van der Waals surface area contributed by atoms with Crippen LogP contribution in [0.1, 0.15) is 12.8 Å². The molecule has 24 heavy (non-hydrogen) atoms. The lowest BCUT2D eigenvalue weighted by atomic mass is 10.2. The highest BCUT2D eigenvalue weighted by Gasteiger charge is 2.60. The fourth-order valence-electron chi connectivity index (χ4n) is 2.62. The lowest BCUT2D eigenvalue weighted by Gasteiger charge is -2.31. The quantitative estimate of drug-likeness (QED) is 0.331. The van der Waals surface area contributed by atoms with Gasteiger partial charge in [-0.15, -0.1) is 0 Å². The van der Waals surface area contributed by atoms with Gasteiger partial charge in [0.15, 0.2) is 0 Å². The van der Waals surface area contributed by atoms with E-state index in [9.17, 15) is 28.5 Å². The Morgan fingerprint density at radius 3 is 2.67 bits per heavy atom. The van der Waals surface area contributed by atoms with Crippen LogP contribution in [-0.4, -0.2) is 54.8 Å². The predicted octanol–water partition coefficient (Wildman–Crippen LogP) is 0.428. The van der Waals surface area contributed by atoms with Crippen molar-refractivity contribution in [3.8, 4) is 5.75 Å². The number of hydrogen-bond acceptors (Lipinski definition) is 9. The Bertz CT molecular complexity index is 750. The van der Waals surface area contributed by atoms with E-state index in [2.05, 4.69) is 4.74 Å². The highest BCUT2D eigenvalue weighted by atomic mass is 32.2. The number of hydrogen-bond donors (Lipinski definition) is 1. The number of nitro groups is 1. The van der Waals surface area contributed by atoms with Gasteiger partial charge in [-0.05, 0) is 25.0 Å². The average Bonchev–Trinajstić information content (AvgIpc) is 2.95. The molecule has 0 bridgehead atoms. The van der Waals surface area contributed by atoms with Crippen molar-refractivity contribution in [1.29, 1.82) is 0 Å². The third kappa shape index (κ3) is 2.81. The number of hydroxylamine groups is 2. The molecule has 0 amide bonds. The van der Waals surface area contributed by atoms with E-state index in [1.807, 2.05) is 0 Å². The molecule has 1 saturated heterocycles. The van der Waals surface area contributed by atoms with Gasteiger partial charge in [-0.2, -0.15) is 5.06 Å². The largest absolute Gasteiger partial charge is 0.467 e. The van der Waals surface area contributed by atoms with Gasteiger partial charge in [-0.1, -0.05) is 12.1 Å². The van der Waals surface area contributed by atoms with Crippen LogP contribution in [0.4, 0.5) is 0 Å². The van der Waals surface area contributed by atoms with Crippen molar-refractivity contribution >= 4 is 15.8 Å². The van der Waals surface area contributed by atoms with E-state index in [0.29, 0.717) is 5.06 Å².